The number of carbonyl (C=O) groups excluding carboxylic acids is 1. The Bertz CT molecular complexity index is 1290. The highest BCUT2D eigenvalue weighted by atomic mass is 16.5. The highest BCUT2D eigenvalue weighted by Gasteiger charge is 2.18. The van der Waals surface area contributed by atoms with Crippen LogP contribution in [-0.2, 0) is 0 Å². The smallest absolute Gasteiger partial charge is 0.280 e. The summed E-state index contributed by atoms with van der Waals surface area (Å²) < 4.78 is 7.22. The molecule has 0 aliphatic heterocycles. The van der Waals surface area contributed by atoms with E-state index in [1.54, 1.807) is 30.6 Å². The van der Waals surface area contributed by atoms with Crippen molar-refractivity contribution in [2.75, 3.05) is 5.32 Å². The summed E-state index contributed by atoms with van der Waals surface area (Å²) in [6.07, 6.45) is 3.31. The fourth-order valence-electron chi connectivity index (χ4n) is 3.15. The van der Waals surface area contributed by atoms with Crippen molar-refractivity contribution in [3.05, 3.63) is 90.9 Å². The molecular weight excluding hydrogens is 366 g/mol. The number of nitrogens with one attached hydrogen (secondary N) is 1. The summed E-state index contributed by atoms with van der Waals surface area (Å²) in [5, 5.41) is 6.76. The number of nitrogens with zero attached hydrogens (tertiary/aromatic N) is 4. The molecule has 3 aromatic heterocycles. The van der Waals surface area contributed by atoms with Gasteiger partial charge in [-0.15, -0.1) is 0 Å². The molecule has 3 heterocycles. The fraction of sp³-hybridized carbons (Fsp3) is 0. The van der Waals surface area contributed by atoms with E-state index in [1.807, 2.05) is 59.2 Å². The van der Waals surface area contributed by atoms with E-state index in [9.17, 15) is 4.79 Å². The van der Waals surface area contributed by atoms with Crippen LogP contribution in [0, 0.1) is 0 Å². The third kappa shape index (κ3) is 3.14. The van der Waals surface area contributed by atoms with E-state index in [4.69, 9.17) is 4.52 Å². The van der Waals surface area contributed by atoms with Crippen LogP contribution in [-0.4, -0.2) is 25.6 Å². The van der Waals surface area contributed by atoms with Crippen LogP contribution >= 0.6 is 0 Å². The number of rotatable bonds is 4. The number of anilines is 1. The van der Waals surface area contributed by atoms with Crippen LogP contribution in [0.5, 0.6) is 0 Å². The van der Waals surface area contributed by atoms with Crippen LogP contribution in [0.4, 0.5) is 5.95 Å². The number of hydrogen-bond acceptors (Lipinski definition) is 5. The highest BCUT2D eigenvalue weighted by molar-refractivity contribution is 6.03. The number of aromatic nitrogens is 4. The number of benzene rings is 2. The van der Waals surface area contributed by atoms with Crippen molar-refractivity contribution in [2.24, 2.45) is 0 Å². The van der Waals surface area contributed by atoms with Crippen molar-refractivity contribution in [3.8, 4) is 17.0 Å². The lowest BCUT2D eigenvalue weighted by molar-refractivity contribution is 0.101. The molecule has 5 rings (SSSR count). The minimum Gasteiger partial charge on any atom is -0.355 e. The lowest BCUT2D eigenvalue weighted by Gasteiger charge is -2.09. The van der Waals surface area contributed by atoms with Gasteiger partial charge in [0.2, 0.25) is 5.95 Å². The van der Waals surface area contributed by atoms with Gasteiger partial charge in [0.05, 0.1) is 11.0 Å². The Morgan fingerprint density at radius 1 is 0.931 bits per heavy atom. The number of fused-ring (bicyclic) bond motifs is 1. The quantitative estimate of drug-likeness (QED) is 0.501. The zero-order valence-corrected chi connectivity index (χ0v) is 15.2. The van der Waals surface area contributed by atoms with Gasteiger partial charge in [0.25, 0.3) is 5.91 Å². The van der Waals surface area contributed by atoms with Gasteiger partial charge in [-0.1, -0.05) is 35.5 Å². The van der Waals surface area contributed by atoms with Gasteiger partial charge >= 0.3 is 0 Å². The van der Waals surface area contributed by atoms with Crippen molar-refractivity contribution < 1.29 is 9.32 Å². The number of amides is 1. The van der Waals surface area contributed by atoms with E-state index in [-0.39, 0.29) is 5.69 Å². The van der Waals surface area contributed by atoms with E-state index in [0.29, 0.717) is 11.7 Å². The van der Waals surface area contributed by atoms with E-state index in [0.717, 1.165) is 22.3 Å². The Morgan fingerprint density at radius 2 is 1.69 bits per heavy atom. The van der Waals surface area contributed by atoms with Gasteiger partial charge in [-0.25, -0.2) is 4.98 Å². The lowest BCUT2D eigenvalue weighted by Crippen LogP contribution is -2.15. The first-order valence-electron chi connectivity index (χ1n) is 9.01. The molecule has 0 spiro atoms. The zero-order valence-electron chi connectivity index (χ0n) is 15.2. The molecular formula is C22H15N5O2. The van der Waals surface area contributed by atoms with Crippen molar-refractivity contribution >= 4 is 22.9 Å². The van der Waals surface area contributed by atoms with Crippen molar-refractivity contribution in [2.45, 2.75) is 0 Å². The van der Waals surface area contributed by atoms with Gasteiger partial charge in [0.1, 0.15) is 0 Å². The lowest BCUT2D eigenvalue weighted by atomic mass is 10.2. The number of pyridine rings is 1. The first-order valence-corrected chi connectivity index (χ1v) is 9.01. The SMILES string of the molecule is O=C(Nc1nc2ccccc2n1-c1ccccc1)c1cc(-c2ccncc2)on1. The molecule has 1 amide bonds. The second-order valence-electron chi connectivity index (χ2n) is 6.36. The Hall–Kier alpha value is -4.26. The molecule has 0 radical (unpaired) electrons. The summed E-state index contributed by atoms with van der Waals surface area (Å²) in [6.45, 7) is 0. The van der Waals surface area contributed by atoms with Crippen LogP contribution in [0.15, 0.2) is 89.7 Å². The maximum absolute atomic E-state index is 12.8. The molecule has 0 saturated carbocycles. The molecule has 140 valence electrons. The molecule has 0 fully saturated rings. The van der Waals surface area contributed by atoms with Gasteiger partial charge in [-0.2, -0.15) is 0 Å². The monoisotopic (exact) mass is 381 g/mol. The van der Waals surface area contributed by atoms with Gasteiger partial charge in [-0.3, -0.25) is 19.7 Å². The molecule has 5 aromatic rings. The molecule has 7 heteroatoms. The minimum absolute atomic E-state index is 0.170. The third-order valence-corrected chi connectivity index (χ3v) is 4.51. The molecule has 1 N–H and O–H groups in total. The second-order valence-corrected chi connectivity index (χ2v) is 6.36. The zero-order chi connectivity index (χ0) is 19.6. The summed E-state index contributed by atoms with van der Waals surface area (Å²) >= 11 is 0. The molecule has 0 saturated heterocycles. The van der Waals surface area contributed by atoms with Crippen LogP contribution in [0.3, 0.4) is 0 Å². The third-order valence-electron chi connectivity index (χ3n) is 4.51. The van der Waals surface area contributed by atoms with Crippen molar-refractivity contribution in [1.82, 2.24) is 19.7 Å². The number of para-hydroxylation sites is 3. The summed E-state index contributed by atoms with van der Waals surface area (Å²) in [7, 11) is 0. The maximum Gasteiger partial charge on any atom is 0.280 e. The van der Waals surface area contributed by atoms with Gasteiger partial charge < -0.3 is 4.52 Å². The Labute approximate surface area is 165 Å². The van der Waals surface area contributed by atoms with Crippen LogP contribution in [0.1, 0.15) is 10.5 Å². The average Bonchev–Trinajstić information content (AvgIpc) is 3.40. The second kappa shape index (κ2) is 7.05. The molecule has 0 bridgehead atoms. The maximum atomic E-state index is 12.8. The molecule has 29 heavy (non-hydrogen) atoms. The fourth-order valence-corrected chi connectivity index (χ4v) is 3.15. The Morgan fingerprint density at radius 3 is 2.52 bits per heavy atom. The van der Waals surface area contributed by atoms with Gasteiger partial charge in [0, 0.05) is 29.7 Å². The molecule has 0 atom stereocenters. The van der Waals surface area contributed by atoms with Crippen LogP contribution < -0.4 is 5.32 Å². The van der Waals surface area contributed by atoms with E-state index < -0.39 is 5.91 Å². The van der Waals surface area contributed by atoms with E-state index >= 15 is 0 Å². The van der Waals surface area contributed by atoms with Gasteiger partial charge in [0.15, 0.2) is 11.5 Å². The molecule has 2 aromatic carbocycles. The highest BCUT2D eigenvalue weighted by Crippen LogP contribution is 2.25. The summed E-state index contributed by atoms with van der Waals surface area (Å²) in [6, 6.07) is 22.6. The first kappa shape index (κ1) is 16.9. The van der Waals surface area contributed by atoms with Crippen LogP contribution in [0.2, 0.25) is 0 Å². The number of carbonyl (C=O) groups is 1. The first-order chi connectivity index (χ1) is 14.3. The summed E-state index contributed by atoms with van der Waals surface area (Å²) in [4.78, 5) is 21.4. The summed E-state index contributed by atoms with van der Waals surface area (Å²) in [5.74, 6) is 0.506. The largest absolute Gasteiger partial charge is 0.355 e. The van der Waals surface area contributed by atoms with Gasteiger partial charge in [-0.05, 0) is 36.4 Å². The predicted molar refractivity (Wildman–Crippen MR) is 109 cm³/mol. The molecule has 0 unspecified atom stereocenters. The Balaban J connectivity index is 1.51. The van der Waals surface area contributed by atoms with E-state index in [1.165, 1.54) is 0 Å². The minimum atomic E-state index is -0.401. The number of imidazole rings is 1. The van der Waals surface area contributed by atoms with Crippen LogP contribution in [0.25, 0.3) is 28.0 Å². The standard InChI is InChI=1S/C22H15N5O2/c28-21(18-14-20(29-26-18)15-10-12-23-13-11-15)25-22-24-17-8-4-5-9-19(17)27(22)16-6-2-1-3-7-16/h1-14H,(H,24,25,28). The normalized spacial score (nSPS) is 10.9. The summed E-state index contributed by atoms with van der Waals surface area (Å²) in [5.41, 5.74) is 3.54. The Kier molecular flexibility index (Phi) is 4.10. The van der Waals surface area contributed by atoms with Crippen molar-refractivity contribution in [1.29, 1.82) is 0 Å². The number of hydrogen-bond donors (Lipinski definition) is 1. The molecule has 0 aliphatic carbocycles. The average molecular weight is 381 g/mol. The van der Waals surface area contributed by atoms with E-state index in [2.05, 4.69) is 20.4 Å². The van der Waals surface area contributed by atoms with Crippen molar-refractivity contribution in [3.63, 3.8) is 0 Å². The molecule has 0 aliphatic rings. The predicted octanol–water partition coefficient (Wildman–Crippen LogP) is 4.33. The molecule has 7 nitrogen and oxygen atoms in total. The topological polar surface area (TPSA) is 85.8 Å².